The van der Waals surface area contributed by atoms with Gasteiger partial charge >= 0.3 is 0 Å². The van der Waals surface area contributed by atoms with Crippen molar-refractivity contribution in [2.24, 2.45) is 11.3 Å². The quantitative estimate of drug-likeness (QED) is 0.670. The van der Waals surface area contributed by atoms with Crippen molar-refractivity contribution in [2.45, 2.75) is 91.0 Å². The molecule has 0 saturated carbocycles. The van der Waals surface area contributed by atoms with E-state index in [-0.39, 0.29) is 17.9 Å². The van der Waals surface area contributed by atoms with E-state index in [9.17, 15) is 15.3 Å². The lowest BCUT2D eigenvalue weighted by molar-refractivity contribution is -0.325. The molecule has 1 aliphatic heterocycles. The number of rotatable bonds is 7. The second-order valence-electron chi connectivity index (χ2n) is 7.32. The molecule has 5 nitrogen and oxygen atoms in total. The average molecular weight is 318 g/mol. The predicted molar refractivity (Wildman–Crippen MR) is 85.4 cm³/mol. The van der Waals surface area contributed by atoms with Crippen LogP contribution in [0, 0.1) is 11.3 Å². The number of hydrogen-bond donors (Lipinski definition) is 3. The van der Waals surface area contributed by atoms with Crippen LogP contribution in [0.25, 0.3) is 0 Å². The van der Waals surface area contributed by atoms with Crippen molar-refractivity contribution in [1.29, 1.82) is 0 Å². The van der Waals surface area contributed by atoms with E-state index >= 15 is 0 Å². The first-order chi connectivity index (χ1) is 10.2. The minimum atomic E-state index is -1.11. The largest absolute Gasteiger partial charge is 0.394 e. The Morgan fingerprint density at radius 1 is 0.955 bits per heavy atom. The van der Waals surface area contributed by atoms with Crippen LogP contribution < -0.4 is 0 Å². The normalized spacial score (nSPS) is 34.0. The van der Waals surface area contributed by atoms with Crippen LogP contribution >= 0.6 is 0 Å². The van der Waals surface area contributed by atoms with Gasteiger partial charge in [-0.15, -0.1) is 0 Å². The highest BCUT2D eigenvalue weighted by Crippen LogP contribution is 2.44. The summed E-state index contributed by atoms with van der Waals surface area (Å²) >= 11 is 0. The Morgan fingerprint density at radius 2 is 1.50 bits per heavy atom. The lowest BCUT2D eigenvalue weighted by Crippen LogP contribution is -2.61. The molecule has 1 heterocycles. The van der Waals surface area contributed by atoms with Crippen LogP contribution in [-0.2, 0) is 9.47 Å². The number of ether oxygens (including phenoxy) is 2. The van der Waals surface area contributed by atoms with Gasteiger partial charge in [0.2, 0.25) is 0 Å². The summed E-state index contributed by atoms with van der Waals surface area (Å²) in [6.45, 7) is 11.8. The van der Waals surface area contributed by atoms with Gasteiger partial charge in [-0.3, -0.25) is 0 Å². The van der Waals surface area contributed by atoms with Crippen molar-refractivity contribution in [3.05, 3.63) is 0 Å². The Hall–Kier alpha value is -0.200. The minimum Gasteiger partial charge on any atom is -0.394 e. The van der Waals surface area contributed by atoms with Crippen LogP contribution in [0.5, 0.6) is 0 Å². The number of hydrogen-bond acceptors (Lipinski definition) is 5. The molecule has 0 bridgehead atoms. The van der Waals surface area contributed by atoms with E-state index in [1.54, 1.807) is 0 Å². The molecule has 0 aromatic carbocycles. The molecule has 5 unspecified atom stereocenters. The monoisotopic (exact) mass is 318 g/mol. The Balaban J connectivity index is 3.00. The maximum atomic E-state index is 10.7. The fraction of sp³-hybridized carbons (Fsp3) is 1.00. The molecule has 1 fully saturated rings. The second-order valence-corrected chi connectivity index (χ2v) is 7.32. The molecule has 0 aromatic heterocycles. The first-order valence-corrected chi connectivity index (χ1v) is 8.46. The molecule has 0 spiro atoms. The minimum absolute atomic E-state index is 0.198. The van der Waals surface area contributed by atoms with Crippen molar-refractivity contribution >= 4 is 0 Å². The molecule has 132 valence electrons. The zero-order chi connectivity index (χ0) is 17.1. The maximum absolute atomic E-state index is 10.7. The van der Waals surface area contributed by atoms with E-state index in [1.165, 1.54) is 0 Å². The van der Waals surface area contributed by atoms with Crippen molar-refractivity contribution in [3.63, 3.8) is 0 Å². The second kappa shape index (κ2) is 7.58. The molecule has 22 heavy (non-hydrogen) atoms. The first kappa shape index (κ1) is 19.8. The highest BCUT2D eigenvalue weighted by molar-refractivity contribution is 4.97. The lowest BCUT2D eigenvalue weighted by Gasteiger charge is -2.50. The molecule has 1 saturated heterocycles. The zero-order valence-electron chi connectivity index (χ0n) is 14.9. The molecule has 5 heteroatoms. The van der Waals surface area contributed by atoms with E-state index in [4.69, 9.17) is 9.47 Å². The summed E-state index contributed by atoms with van der Waals surface area (Å²) in [5.41, 5.74) is -0.671. The van der Waals surface area contributed by atoms with E-state index in [1.807, 2.05) is 20.8 Å². The molecule has 5 atom stereocenters. The highest BCUT2D eigenvalue weighted by Gasteiger charge is 2.51. The van der Waals surface area contributed by atoms with E-state index in [2.05, 4.69) is 20.8 Å². The van der Waals surface area contributed by atoms with Crippen LogP contribution in [0.4, 0.5) is 0 Å². The average Bonchev–Trinajstić information content (AvgIpc) is 2.50. The Kier molecular flexibility index (Phi) is 6.84. The molecule has 0 radical (unpaired) electrons. The van der Waals surface area contributed by atoms with Crippen LogP contribution in [0.15, 0.2) is 0 Å². The Labute approximate surface area is 134 Å². The van der Waals surface area contributed by atoms with E-state index in [0.717, 1.165) is 19.3 Å². The summed E-state index contributed by atoms with van der Waals surface area (Å²) in [6, 6.07) is 0. The van der Waals surface area contributed by atoms with Crippen LogP contribution in [-0.4, -0.2) is 52.1 Å². The molecule has 3 N–H and O–H groups in total. The van der Waals surface area contributed by atoms with Crippen LogP contribution in [0.3, 0.4) is 0 Å². The van der Waals surface area contributed by atoms with Gasteiger partial charge < -0.3 is 24.8 Å². The third-order valence-corrected chi connectivity index (χ3v) is 5.59. The van der Waals surface area contributed by atoms with Gasteiger partial charge in [-0.25, -0.2) is 0 Å². The summed E-state index contributed by atoms with van der Waals surface area (Å²) in [6.07, 6.45) is -1.13. The molecular formula is C17H34O5. The van der Waals surface area contributed by atoms with Gasteiger partial charge in [0.05, 0.1) is 24.4 Å². The molecular weight excluding hydrogens is 284 g/mol. The van der Waals surface area contributed by atoms with Gasteiger partial charge in [0, 0.05) is 5.92 Å². The fourth-order valence-electron chi connectivity index (χ4n) is 3.17. The fourth-order valence-corrected chi connectivity index (χ4v) is 3.17. The summed E-state index contributed by atoms with van der Waals surface area (Å²) in [5, 5.41) is 30.8. The third kappa shape index (κ3) is 4.01. The van der Waals surface area contributed by atoms with Crippen LogP contribution in [0.2, 0.25) is 0 Å². The van der Waals surface area contributed by atoms with Crippen LogP contribution in [0.1, 0.15) is 60.8 Å². The van der Waals surface area contributed by atoms with Crippen molar-refractivity contribution < 1.29 is 24.8 Å². The lowest BCUT2D eigenvalue weighted by atomic mass is 9.66. The highest BCUT2D eigenvalue weighted by atomic mass is 16.7. The first-order valence-electron chi connectivity index (χ1n) is 8.46. The summed E-state index contributed by atoms with van der Waals surface area (Å²) in [4.78, 5) is 0. The van der Waals surface area contributed by atoms with E-state index < -0.39 is 30.2 Å². The standard InChI is InChI=1S/C17H34O5/c1-7-16(4,5)22-15-14(20)13(19)12(11(10-18)21-15)17(6,8-2)9-3/h11-15,18-20H,7-10H2,1-6H3. The van der Waals surface area contributed by atoms with Gasteiger partial charge in [0.1, 0.15) is 6.10 Å². The Bertz CT molecular complexity index is 338. The van der Waals surface area contributed by atoms with E-state index in [0.29, 0.717) is 0 Å². The smallest absolute Gasteiger partial charge is 0.187 e. The summed E-state index contributed by atoms with van der Waals surface area (Å²) < 4.78 is 11.7. The predicted octanol–water partition coefficient (Wildman–Crippen LogP) is 2.07. The molecule has 0 amide bonds. The van der Waals surface area contributed by atoms with Gasteiger partial charge in [-0.1, -0.05) is 40.5 Å². The third-order valence-electron chi connectivity index (χ3n) is 5.59. The maximum Gasteiger partial charge on any atom is 0.187 e. The Morgan fingerprint density at radius 3 is 1.91 bits per heavy atom. The van der Waals surface area contributed by atoms with Gasteiger partial charge in [-0.05, 0) is 25.7 Å². The van der Waals surface area contributed by atoms with Gasteiger partial charge in [0.15, 0.2) is 6.29 Å². The van der Waals surface area contributed by atoms with Crippen molar-refractivity contribution in [2.75, 3.05) is 6.61 Å². The molecule has 1 rings (SSSR count). The zero-order valence-corrected chi connectivity index (χ0v) is 14.9. The number of aliphatic hydroxyl groups excluding tert-OH is 3. The van der Waals surface area contributed by atoms with Gasteiger partial charge in [-0.2, -0.15) is 0 Å². The topological polar surface area (TPSA) is 79.2 Å². The van der Waals surface area contributed by atoms with Crippen molar-refractivity contribution in [3.8, 4) is 0 Å². The SMILES string of the molecule is CCC(C)(C)OC1OC(CO)C(C(C)(CC)CC)C(O)C1O. The molecule has 0 aliphatic carbocycles. The molecule has 1 aliphatic rings. The summed E-state index contributed by atoms with van der Waals surface area (Å²) in [7, 11) is 0. The number of aliphatic hydroxyl groups is 3. The van der Waals surface area contributed by atoms with Gasteiger partial charge in [0.25, 0.3) is 0 Å². The molecule has 0 aromatic rings. The summed E-state index contributed by atoms with van der Waals surface area (Å²) in [5.74, 6) is -0.327. The van der Waals surface area contributed by atoms with Crippen molar-refractivity contribution in [1.82, 2.24) is 0 Å².